The lowest BCUT2D eigenvalue weighted by molar-refractivity contribution is -0.144. The van der Waals surface area contributed by atoms with Crippen LogP contribution in [0.3, 0.4) is 0 Å². The molecule has 5 nitrogen and oxygen atoms in total. The molecule has 0 fully saturated rings. The molecule has 1 aromatic rings. The number of ether oxygens (including phenoxy) is 2. The lowest BCUT2D eigenvalue weighted by Crippen LogP contribution is -2.45. The fourth-order valence-electron chi connectivity index (χ4n) is 1.87. The summed E-state index contributed by atoms with van der Waals surface area (Å²) in [5, 5.41) is 12.9. The molecule has 0 heterocycles. The number of aryl methyl sites for hydroxylation is 1. The van der Waals surface area contributed by atoms with E-state index in [0.29, 0.717) is 5.75 Å². The molecule has 0 aliphatic rings. The van der Waals surface area contributed by atoms with Gasteiger partial charge in [0.2, 0.25) is 0 Å². The van der Waals surface area contributed by atoms with E-state index in [2.05, 4.69) is 5.32 Å². The highest BCUT2D eigenvalue weighted by Gasteiger charge is 2.23. The molecule has 0 aromatic heterocycles. The van der Waals surface area contributed by atoms with Gasteiger partial charge in [-0.15, -0.1) is 0 Å². The standard InChI is InChI=1S/C16H25NO4/c1-11(2)15(16(19)20-4)17-9-13(18)10-21-14-7-5-12(3)6-8-14/h5-8,11,13,15,17-18H,9-10H2,1-4H3. The molecule has 0 amide bonds. The van der Waals surface area contributed by atoms with Gasteiger partial charge in [-0.1, -0.05) is 31.5 Å². The third kappa shape index (κ3) is 6.14. The van der Waals surface area contributed by atoms with E-state index in [9.17, 15) is 9.90 Å². The number of hydrogen-bond acceptors (Lipinski definition) is 5. The second-order valence-corrected chi connectivity index (χ2v) is 5.43. The topological polar surface area (TPSA) is 67.8 Å². The number of benzene rings is 1. The van der Waals surface area contributed by atoms with E-state index < -0.39 is 12.1 Å². The second-order valence-electron chi connectivity index (χ2n) is 5.43. The minimum atomic E-state index is -0.697. The van der Waals surface area contributed by atoms with Crippen molar-refractivity contribution >= 4 is 5.97 Å². The number of nitrogens with one attached hydrogen (secondary N) is 1. The summed E-state index contributed by atoms with van der Waals surface area (Å²) in [5.74, 6) is 0.479. The molecule has 0 saturated heterocycles. The first kappa shape index (κ1) is 17.5. The fourth-order valence-corrected chi connectivity index (χ4v) is 1.87. The molecular weight excluding hydrogens is 270 g/mol. The van der Waals surface area contributed by atoms with E-state index in [4.69, 9.17) is 9.47 Å². The van der Waals surface area contributed by atoms with Crippen LogP contribution in [0.1, 0.15) is 19.4 Å². The maximum Gasteiger partial charge on any atom is 0.323 e. The van der Waals surface area contributed by atoms with E-state index in [0.717, 1.165) is 5.56 Å². The van der Waals surface area contributed by atoms with Crippen molar-refractivity contribution in [3.05, 3.63) is 29.8 Å². The van der Waals surface area contributed by atoms with Crippen molar-refractivity contribution in [2.75, 3.05) is 20.3 Å². The van der Waals surface area contributed by atoms with Crippen LogP contribution >= 0.6 is 0 Å². The molecule has 0 bridgehead atoms. The molecule has 0 spiro atoms. The normalized spacial score (nSPS) is 13.8. The van der Waals surface area contributed by atoms with Gasteiger partial charge in [-0.2, -0.15) is 0 Å². The zero-order valence-corrected chi connectivity index (χ0v) is 13.1. The molecule has 0 aliphatic heterocycles. The van der Waals surface area contributed by atoms with Crippen LogP contribution in [-0.2, 0) is 9.53 Å². The molecule has 1 rings (SSSR count). The molecule has 21 heavy (non-hydrogen) atoms. The first-order valence-corrected chi connectivity index (χ1v) is 7.12. The molecule has 5 heteroatoms. The van der Waals surface area contributed by atoms with E-state index in [-0.39, 0.29) is 25.0 Å². The third-order valence-corrected chi connectivity index (χ3v) is 3.16. The van der Waals surface area contributed by atoms with E-state index in [1.807, 2.05) is 45.0 Å². The van der Waals surface area contributed by atoms with Gasteiger partial charge < -0.3 is 19.9 Å². The predicted molar refractivity (Wildman–Crippen MR) is 81.3 cm³/mol. The monoisotopic (exact) mass is 295 g/mol. The fraction of sp³-hybridized carbons (Fsp3) is 0.562. The number of carbonyl (C=O) groups is 1. The van der Waals surface area contributed by atoms with Gasteiger partial charge in [0.25, 0.3) is 0 Å². The number of aliphatic hydroxyl groups excluding tert-OH is 1. The number of esters is 1. The Morgan fingerprint density at radius 1 is 1.29 bits per heavy atom. The molecule has 1 aromatic carbocycles. The third-order valence-electron chi connectivity index (χ3n) is 3.16. The van der Waals surface area contributed by atoms with E-state index in [1.54, 1.807) is 0 Å². The van der Waals surface area contributed by atoms with E-state index in [1.165, 1.54) is 7.11 Å². The number of aliphatic hydroxyl groups is 1. The summed E-state index contributed by atoms with van der Waals surface area (Å²) in [7, 11) is 1.36. The summed E-state index contributed by atoms with van der Waals surface area (Å²) in [6.45, 7) is 6.28. The van der Waals surface area contributed by atoms with Crippen molar-refractivity contribution in [3.63, 3.8) is 0 Å². The highest BCUT2D eigenvalue weighted by Crippen LogP contribution is 2.11. The maximum absolute atomic E-state index is 11.6. The first-order chi connectivity index (χ1) is 9.93. The second kappa shape index (κ2) is 8.64. The van der Waals surface area contributed by atoms with Crippen LogP contribution in [0.5, 0.6) is 5.75 Å². The Kier molecular flexibility index (Phi) is 7.19. The van der Waals surface area contributed by atoms with Crippen LogP contribution in [0, 0.1) is 12.8 Å². The molecule has 2 N–H and O–H groups in total. The molecule has 2 atom stereocenters. The molecule has 0 saturated carbocycles. The Balaban J connectivity index is 2.37. The molecule has 0 radical (unpaired) electrons. The van der Waals surface area contributed by atoms with Crippen molar-refractivity contribution in [2.45, 2.75) is 32.9 Å². The summed E-state index contributed by atoms with van der Waals surface area (Å²) < 4.78 is 10.2. The van der Waals surface area contributed by atoms with Crippen LogP contribution in [0.25, 0.3) is 0 Å². The number of methoxy groups -OCH3 is 1. The van der Waals surface area contributed by atoms with Crippen LogP contribution in [0.2, 0.25) is 0 Å². The summed E-state index contributed by atoms with van der Waals surface area (Å²) >= 11 is 0. The van der Waals surface area contributed by atoms with Crippen molar-refractivity contribution < 1.29 is 19.4 Å². The van der Waals surface area contributed by atoms with Gasteiger partial charge in [0.15, 0.2) is 0 Å². The maximum atomic E-state index is 11.6. The summed E-state index contributed by atoms with van der Waals surface area (Å²) in [5.41, 5.74) is 1.16. The Morgan fingerprint density at radius 3 is 2.43 bits per heavy atom. The lowest BCUT2D eigenvalue weighted by Gasteiger charge is -2.21. The van der Waals surface area contributed by atoms with Gasteiger partial charge in [-0.3, -0.25) is 4.79 Å². The predicted octanol–water partition coefficient (Wildman–Crippen LogP) is 1.52. The zero-order chi connectivity index (χ0) is 15.8. The highest BCUT2D eigenvalue weighted by molar-refractivity contribution is 5.75. The van der Waals surface area contributed by atoms with Crippen LogP contribution in [-0.4, -0.2) is 43.5 Å². The summed E-state index contributed by atoms with van der Waals surface area (Å²) in [6.07, 6.45) is -0.697. The van der Waals surface area contributed by atoms with Crippen LogP contribution in [0.4, 0.5) is 0 Å². The zero-order valence-electron chi connectivity index (χ0n) is 13.1. The van der Waals surface area contributed by atoms with Gasteiger partial charge >= 0.3 is 5.97 Å². The highest BCUT2D eigenvalue weighted by atomic mass is 16.5. The average molecular weight is 295 g/mol. The van der Waals surface area contributed by atoms with Crippen molar-refractivity contribution in [3.8, 4) is 5.75 Å². The average Bonchev–Trinajstić information content (AvgIpc) is 2.46. The molecular formula is C16H25NO4. The Labute approximate surface area is 126 Å². The molecule has 118 valence electrons. The molecule has 0 aliphatic carbocycles. The SMILES string of the molecule is COC(=O)C(NCC(O)COc1ccc(C)cc1)C(C)C. The largest absolute Gasteiger partial charge is 0.491 e. The van der Waals surface area contributed by atoms with Gasteiger partial charge in [0.05, 0.1) is 7.11 Å². The summed E-state index contributed by atoms with van der Waals surface area (Å²) in [4.78, 5) is 11.6. The first-order valence-electron chi connectivity index (χ1n) is 7.12. The van der Waals surface area contributed by atoms with Gasteiger partial charge in [0.1, 0.15) is 24.5 Å². The van der Waals surface area contributed by atoms with Crippen LogP contribution < -0.4 is 10.1 Å². The van der Waals surface area contributed by atoms with E-state index >= 15 is 0 Å². The summed E-state index contributed by atoms with van der Waals surface area (Å²) in [6, 6.07) is 7.20. The van der Waals surface area contributed by atoms with Crippen molar-refractivity contribution in [1.82, 2.24) is 5.32 Å². The van der Waals surface area contributed by atoms with Crippen molar-refractivity contribution in [2.24, 2.45) is 5.92 Å². The van der Waals surface area contributed by atoms with Gasteiger partial charge in [0, 0.05) is 6.54 Å². The van der Waals surface area contributed by atoms with Crippen LogP contribution in [0.15, 0.2) is 24.3 Å². The minimum absolute atomic E-state index is 0.0858. The number of hydrogen-bond donors (Lipinski definition) is 2. The number of carbonyl (C=O) groups excluding carboxylic acids is 1. The quantitative estimate of drug-likeness (QED) is 0.712. The smallest absolute Gasteiger partial charge is 0.323 e. The lowest BCUT2D eigenvalue weighted by atomic mass is 10.0. The Hall–Kier alpha value is -1.59. The van der Waals surface area contributed by atoms with Gasteiger partial charge in [-0.25, -0.2) is 0 Å². The Morgan fingerprint density at radius 2 is 1.90 bits per heavy atom. The van der Waals surface area contributed by atoms with Crippen molar-refractivity contribution in [1.29, 1.82) is 0 Å². The molecule has 2 unspecified atom stereocenters. The minimum Gasteiger partial charge on any atom is -0.491 e. The number of rotatable bonds is 8. The Bertz CT molecular complexity index is 430. The van der Waals surface area contributed by atoms with Gasteiger partial charge in [-0.05, 0) is 25.0 Å².